The Hall–Kier alpha value is -2.31. The molecule has 7 heteroatoms. The Morgan fingerprint density at radius 2 is 2.29 bits per heavy atom. The molecule has 1 aromatic carbocycles. The number of aldehydes is 1. The number of nitro groups is 1. The van der Waals surface area contributed by atoms with Crippen LogP contribution in [0.3, 0.4) is 0 Å². The number of aromatic nitrogens is 2. The zero-order valence-electron chi connectivity index (χ0n) is 8.78. The molecule has 17 heavy (non-hydrogen) atoms. The summed E-state index contributed by atoms with van der Waals surface area (Å²) < 4.78 is 4.58. The van der Waals surface area contributed by atoms with E-state index in [9.17, 15) is 14.9 Å². The Bertz CT molecular complexity index is 551. The van der Waals surface area contributed by atoms with E-state index in [4.69, 9.17) is 0 Å². The fourth-order valence-electron chi connectivity index (χ4n) is 1.75. The molecule has 0 saturated heterocycles. The van der Waals surface area contributed by atoms with Crippen LogP contribution in [-0.4, -0.2) is 28.1 Å². The Morgan fingerprint density at radius 3 is 3.00 bits per heavy atom. The first-order valence-corrected chi connectivity index (χ1v) is 4.99. The second-order valence-corrected chi connectivity index (χ2v) is 3.59. The average Bonchev–Trinajstić information content (AvgIpc) is 2.75. The zero-order valence-corrected chi connectivity index (χ0v) is 8.78. The molecule has 0 bridgehead atoms. The third kappa shape index (κ3) is 2.27. The van der Waals surface area contributed by atoms with Crippen LogP contribution in [0.4, 0.5) is 0 Å². The molecular weight excluding hydrogens is 226 g/mol. The molecule has 0 N–H and O–H groups in total. The van der Waals surface area contributed by atoms with Crippen LogP contribution in [0.15, 0.2) is 22.8 Å². The van der Waals surface area contributed by atoms with Crippen molar-refractivity contribution in [2.45, 2.75) is 12.3 Å². The molecule has 88 valence electrons. The molecule has 0 aliphatic rings. The van der Waals surface area contributed by atoms with Crippen molar-refractivity contribution in [2.75, 3.05) is 6.54 Å². The van der Waals surface area contributed by atoms with Crippen molar-refractivity contribution in [3.8, 4) is 0 Å². The highest BCUT2D eigenvalue weighted by Gasteiger charge is 2.21. The van der Waals surface area contributed by atoms with E-state index in [2.05, 4.69) is 14.9 Å². The number of nitrogens with zero attached hydrogens (tertiary/aromatic N) is 3. The van der Waals surface area contributed by atoms with Crippen LogP contribution in [0.5, 0.6) is 0 Å². The fraction of sp³-hybridized carbons (Fsp3) is 0.300. The molecule has 2 aromatic rings. The average molecular weight is 235 g/mol. The van der Waals surface area contributed by atoms with Crippen molar-refractivity contribution in [2.24, 2.45) is 0 Å². The smallest absolute Gasteiger partial charge is 0.211 e. The number of benzene rings is 1. The number of hydrogen-bond acceptors (Lipinski definition) is 6. The number of hydrogen-bond donors (Lipinski definition) is 0. The van der Waals surface area contributed by atoms with Gasteiger partial charge in [0.05, 0.1) is 5.92 Å². The SMILES string of the molecule is O=CCC(C[N+](=O)[O-])c1cccc2nonc12. The molecule has 0 spiro atoms. The third-order valence-corrected chi connectivity index (χ3v) is 2.51. The first-order valence-electron chi connectivity index (χ1n) is 4.99. The van der Waals surface area contributed by atoms with Crippen LogP contribution in [-0.2, 0) is 4.79 Å². The lowest BCUT2D eigenvalue weighted by molar-refractivity contribution is -0.483. The Balaban J connectivity index is 2.43. The first kappa shape index (κ1) is 11.2. The van der Waals surface area contributed by atoms with Gasteiger partial charge in [0.25, 0.3) is 0 Å². The van der Waals surface area contributed by atoms with Crippen molar-refractivity contribution in [3.05, 3.63) is 33.9 Å². The molecular formula is C10H9N3O4. The number of carbonyl (C=O) groups is 1. The molecule has 0 fully saturated rings. The van der Waals surface area contributed by atoms with Gasteiger partial charge >= 0.3 is 0 Å². The maximum absolute atomic E-state index is 10.6. The molecule has 0 amide bonds. The summed E-state index contributed by atoms with van der Waals surface area (Å²) in [6, 6.07) is 5.10. The van der Waals surface area contributed by atoms with Crippen LogP contribution >= 0.6 is 0 Å². The van der Waals surface area contributed by atoms with E-state index in [0.29, 0.717) is 22.9 Å². The number of rotatable bonds is 5. The van der Waals surface area contributed by atoms with E-state index in [0.717, 1.165) is 0 Å². The maximum atomic E-state index is 10.6. The minimum absolute atomic E-state index is 0.0763. The lowest BCUT2D eigenvalue weighted by Crippen LogP contribution is -2.13. The highest BCUT2D eigenvalue weighted by Crippen LogP contribution is 2.25. The second-order valence-electron chi connectivity index (χ2n) is 3.59. The molecule has 7 nitrogen and oxygen atoms in total. The van der Waals surface area contributed by atoms with E-state index >= 15 is 0 Å². The molecule has 1 unspecified atom stereocenters. The molecule has 0 aliphatic heterocycles. The molecule has 1 heterocycles. The lowest BCUT2D eigenvalue weighted by atomic mass is 9.95. The van der Waals surface area contributed by atoms with Crippen LogP contribution in [0.25, 0.3) is 11.0 Å². The summed E-state index contributed by atoms with van der Waals surface area (Å²) in [7, 11) is 0. The summed E-state index contributed by atoms with van der Waals surface area (Å²) in [6.07, 6.45) is 0.744. The summed E-state index contributed by atoms with van der Waals surface area (Å²) in [5.41, 5.74) is 1.62. The van der Waals surface area contributed by atoms with Crippen LogP contribution < -0.4 is 0 Å². The quantitative estimate of drug-likeness (QED) is 0.438. The van der Waals surface area contributed by atoms with Gasteiger partial charge in [-0.05, 0) is 21.9 Å². The Labute approximate surface area is 95.5 Å². The lowest BCUT2D eigenvalue weighted by Gasteiger charge is -2.09. The minimum Gasteiger partial charge on any atom is -0.303 e. The Kier molecular flexibility index (Phi) is 3.08. The van der Waals surface area contributed by atoms with Gasteiger partial charge in [0, 0.05) is 11.3 Å². The van der Waals surface area contributed by atoms with E-state index in [-0.39, 0.29) is 13.0 Å². The van der Waals surface area contributed by atoms with Crippen LogP contribution in [0.2, 0.25) is 0 Å². The number of carbonyl (C=O) groups excluding carboxylic acids is 1. The van der Waals surface area contributed by atoms with Gasteiger partial charge in [-0.15, -0.1) is 0 Å². The Morgan fingerprint density at radius 1 is 1.47 bits per heavy atom. The second kappa shape index (κ2) is 4.69. The van der Waals surface area contributed by atoms with E-state index < -0.39 is 10.8 Å². The van der Waals surface area contributed by atoms with Crippen molar-refractivity contribution in [3.63, 3.8) is 0 Å². The summed E-state index contributed by atoms with van der Waals surface area (Å²) in [4.78, 5) is 20.7. The summed E-state index contributed by atoms with van der Waals surface area (Å²) in [5, 5.41) is 17.9. The third-order valence-electron chi connectivity index (χ3n) is 2.51. The van der Waals surface area contributed by atoms with E-state index in [1.165, 1.54) is 0 Å². The van der Waals surface area contributed by atoms with Gasteiger partial charge in [-0.3, -0.25) is 10.1 Å². The predicted molar refractivity (Wildman–Crippen MR) is 57.1 cm³/mol. The highest BCUT2D eigenvalue weighted by atomic mass is 16.6. The monoisotopic (exact) mass is 235 g/mol. The van der Waals surface area contributed by atoms with E-state index in [1.807, 2.05) is 0 Å². The van der Waals surface area contributed by atoms with Crippen molar-refractivity contribution < 1.29 is 14.3 Å². The van der Waals surface area contributed by atoms with Crippen LogP contribution in [0, 0.1) is 10.1 Å². The van der Waals surface area contributed by atoms with Gasteiger partial charge in [-0.25, -0.2) is 4.63 Å². The number of fused-ring (bicyclic) bond motifs is 1. The standard InChI is InChI=1S/C10H9N3O4/c14-5-4-7(6-13(15)16)8-2-1-3-9-10(8)12-17-11-9/h1-3,5,7H,4,6H2. The predicted octanol–water partition coefficient (Wildman–Crippen LogP) is 1.17. The van der Waals surface area contributed by atoms with Gasteiger partial charge in [0.1, 0.15) is 17.3 Å². The summed E-state index contributed by atoms with van der Waals surface area (Å²) in [6.45, 7) is -0.315. The molecule has 1 aromatic heterocycles. The summed E-state index contributed by atoms with van der Waals surface area (Å²) in [5.74, 6) is -0.502. The molecule has 1 atom stereocenters. The van der Waals surface area contributed by atoms with Gasteiger partial charge in [-0.1, -0.05) is 12.1 Å². The molecule has 0 saturated carbocycles. The fourth-order valence-corrected chi connectivity index (χ4v) is 1.75. The normalized spacial score (nSPS) is 12.5. The van der Waals surface area contributed by atoms with E-state index in [1.54, 1.807) is 18.2 Å². The van der Waals surface area contributed by atoms with Crippen molar-refractivity contribution >= 4 is 17.3 Å². The largest absolute Gasteiger partial charge is 0.303 e. The first-order chi connectivity index (χ1) is 8.22. The van der Waals surface area contributed by atoms with Gasteiger partial charge in [0.2, 0.25) is 6.54 Å². The summed E-state index contributed by atoms with van der Waals surface area (Å²) >= 11 is 0. The zero-order chi connectivity index (χ0) is 12.3. The molecule has 0 radical (unpaired) electrons. The molecule has 2 rings (SSSR count). The van der Waals surface area contributed by atoms with Crippen molar-refractivity contribution in [1.29, 1.82) is 0 Å². The van der Waals surface area contributed by atoms with Crippen molar-refractivity contribution in [1.82, 2.24) is 10.3 Å². The highest BCUT2D eigenvalue weighted by molar-refractivity contribution is 5.77. The van der Waals surface area contributed by atoms with Gasteiger partial charge in [-0.2, -0.15) is 0 Å². The molecule has 0 aliphatic carbocycles. The topological polar surface area (TPSA) is 99.1 Å². The van der Waals surface area contributed by atoms with Gasteiger partial charge < -0.3 is 4.79 Å². The minimum atomic E-state index is -0.502. The maximum Gasteiger partial charge on any atom is 0.211 e. The van der Waals surface area contributed by atoms with Crippen LogP contribution in [0.1, 0.15) is 17.9 Å². The van der Waals surface area contributed by atoms with Gasteiger partial charge in [0.15, 0.2) is 0 Å².